The first-order chi connectivity index (χ1) is 20.8. The molecule has 0 radical (unpaired) electrons. The fraction of sp³-hybridized carbons (Fsp3) is 0.543. The van der Waals surface area contributed by atoms with Crippen molar-refractivity contribution in [3.8, 4) is 0 Å². The van der Waals surface area contributed by atoms with Gasteiger partial charge in [-0.1, -0.05) is 37.3 Å². The molecule has 4 fully saturated rings. The minimum Gasteiger partial charge on any atom is -0.458 e. The smallest absolute Gasteiger partial charge is 0.303 e. The number of Topliss-reactive ketones (excluding diaryl/α,β-unsaturated/α-hetero) is 1. The minimum atomic E-state index is -2.21. The number of aliphatic hydroxyl groups is 1. The Balaban J connectivity index is 1.26. The van der Waals surface area contributed by atoms with E-state index in [0.29, 0.717) is 26.1 Å². The highest BCUT2D eigenvalue weighted by atomic mass is 19.1. The van der Waals surface area contributed by atoms with Crippen LogP contribution in [0.4, 0.5) is 8.78 Å². The van der Waals surface area contributed by atoms with Crippen molar-refractivity contribution in [3.05, 3.63) is 65.9 Å². The van der Waals surface area contributed by atoms with E-state index in [1.165, 1.54) is 25.2 Å². The number of likely N-dealkylation sites (tertiary alicyclic amines) is 1. The third kappa shape index (κ3) is 3.84. The Kier molecular flexibility index (Phi) is 6.58. The Morgan fingerprint density at radius 3 is 2.68 bits per heavy atom. The van der Waals surface area contributed by atoms with Crippen LogP contribution in [0.2, 0.25) is 0 Å². The Labute approximate surface area is 255 Å². The number of halogens is 2. The third-order valence-electron chi connectivity index (χ3n) is 12.2. The van der Waals surface area contributed by atoms with Gasteiger partial charge in [0.15, 0.2) is 23.8 Å². The van der Waals surface area contributed by atoms with Gasteiger partial charge in [-0.25, -0.2) is 8.78 Å². The summed E-state index contributed by atoms with van der Waals surface area (Å²) in [4.78, 5) is 45.3. The molecule has 4 aliphatic carbocycles. The molecular weight excluding hydrogens is 566 g/mol. The lowest BCUT2D eigenvalue weighted by Crippen LogP contribution is -2.69. The van der Waals surface area contributed by atoms with Gasteiger partial charge in [-0.15, -0.1) is 0 Å². The summed E-state index contributed by atoms with van der Waals surface area (Å²) >= 11 is 0. The van der Waals surface area contributed by atoms with Crippen LogP contribution in [-0.4, -0.2) is 70.2 Å². The van der Waals surface area contributed by atoms with Crippen molar-refractivity contribution in [2.75, 3.05) is 19.7 Å². The number of aromatic nitrogens is 1. The number of carbonyl (C=O) groups excluding carboxylic acids is 3. The van der Waals surface area contributed by atoms with Crippen LogP contribution >= 0.6 is 0 Å². The van der Waals surface area contributed by atoms with Crippen LogP contribution in [0, 0.1) is 34.0 Å². The average Bonchev–Trinajstić information content (AvgIpc) is 3.46. The van der Waals surface area contributed by atoms with Crippen LogP contribution in [-0.2, 0) is 25.7 Å². The molecule has 5 aliphatic rings. The summed E-state index contributed by atoms with van der Waals surface area (Å²) < 4.78 is 38.9. The monoisotopic (exact) mass is 604 g/mol. The Bertz CT molecular complexity index is 1640. The molecule has 0 unspecified atom stereocenters. The quantitative estimate of drug-likeness (QED) is 0.494. The molecule has 232 valence electrons. The zero-order chi connectivity index (χ0) is 31.2. The van der Waals surface area contributed by atoms with E-state index in [0.717, 1.165) is 16.6 Å². The van der Waals surface area contributed by atoms with Crippen LogP contribution in [0.5, 0.6) is 0 Å². The van der Waals surface area contributed by atoms with Crippen LogP contribution in [0.25, 0.3) is 10.9 Å². The lowest BCUT2D eigenvalue weighted by molar-refractivity contribution is -0.212. The lowest BCUT2D eigenvalue weighted by Gasteiger charge is -2.63. The number of fused-ring (bicyclic) bond motifs is 8. The van der Waals surface area contributed by atoms with Gasteiger partial charge in [0.25, 0.3) is 0 Å². The number of esters is 1. The lowest BCUT2D eigenvalue weighted by atomic mass is 9.43. The van der Waals surface area contributed by atoms with Gasteiger partial charge in [-0.05, 0) is 73.3 Å². The number of ketones is 2. The largest absolute Gasteiger partial charge is 0.458 e. The molecule has 0 bridgehead atoms. The number of alkyl halides is 2. The standard InChI is InChI=1S/C35H38F2N2O5/c1-20(40)44-18-31(43)34-19-39(17-23-9-8-21-6-4-5-7-29(21)38-23)16-22(34)12-25-26-14-28(36)27-13-24(41)10-11-32(27,2)35(26,37)30(42)15-33(25,34)3/h4-11,13,22,25-26,28,30,42H,12,14-19H2,1-3H3/t22-,25-,26-,28-,30-,32-,33-,34-,35-/m0/s1. The van der Waals surface area contributed by atoms with Crippen molar-refractivity contribution in [2.45, 2.75) is 64.5 Å². The summed E-state index contributed by atoms with van der Waals surface area (Å²) in [5.41, 5.74) is -3.79. The molecule has 1 aromatic carbocycles. The van der Waals surface area contributed by atoms with Crippen LogP contribution in [0.3, 0.4) is 0 Å². The predicted octanol–water partition coefficient (Wildman–Crippen LogP) is 4.71. The maximum absolute atomic E-state index is 17.7. The summed E-state index contributed by atoms with van der Waals surface area (Å²) in [5, 5.41) is 12.8. The van der Waals surface area contributed by atoms with Crippen LogP contribution < -0.4 is 0 Å². The predicted molar refractivity (Wildman–Crippen MR) is 159 cm³/mol. The molecule has 9 heteroatoms. The number of para-hydroxylation sites is 1. The molecule has 1 aromatic heterocycles. The molecule has 2 heterocycles. The zero-order valence-corrected chi connectivity index (χ0v) is 25.3. The number of ether oxygens (including phenoxy) is 1. The maximum atomic E-state index is 17.7. The number of nitrogens with zero attached hydrogens (tertiary/aromatic N) is 2. The Morgan fingerprint density at radius 2 is 1.91 bits per heavy atom. The van der Waals surface area contributed by atoms with E-state index in [9.17, 15) is 19.5 Å². The first-order valence-corrected chi connectivity index (χ1v) is 15.5. The van der Waals surface area contributed by atoms with Crippen LogP contribution in [0.15, 0.2) is 60.2 Å². The topological polar surface area (TPSA) is 96.8 Å². The van der Waals surface area contributed by atoms with Crippen molar-refractivity contribution in [1.82, 2.24) is 9.88 Å². The number of pyridine rings is 1. The second-order valence-corrected chi connectivity index (χ2v) is 14.1. The van der Waals surface area contributed by atoms with Crippen molar-refractivity contribution in [3.63, 3.8) is 0 Å². The summed E-state index contributed by atoms with van der Waals surface area (Å²) in [7, 11) is 0. The summed E-state index contributed by atoms with van der Waals surface area (Å²) in [6.07, 6.45) is 1.17. The van der Waals surface area contributed by atoms with Gasteiger partial charge in [0, 0.05) is 43.3 Å². The fourth-order valence-corrected chi connectivity index (χ4v) is 10.2. The molecule has 0 amide bonds. The number of carbonyl (C=O) groups is 3. The molecule has 7 nitrogen and oxygen atoms in total. The average molecular weight is 605 g/mol. The molecule has 1 saturated heterocycles. The SMILES string of the molecule is CC(=O)OCC(=O)[C@]12CN(Cc3ccc4ccccc4n3)C[C@@H]1C[C@H]1[C@@H]3C[C@H](F)C4=CC(=O)C=C[C@]4(C)[C@@]3(F)[C@@H](O)C[C@@]12C. The number of hydrogen-bond acceptors (Lipinski definition) is 7. The van der Waals surface area contributed by atoms with Gasteiger partial charge in [0.05, 0.1) is 22.7 Å². The highest BCUT2D eigenvalue weighted by molar-refractivity contribution is 6.01. The van der Waals surface area contributed by atoms with E-state index in [2.05, 4.69) is 4.90 Å². The fourth-order valence-electron chi connectivity index (χ4n) is 10.2. The second kappa shape index (κ2) is 9.85. The second-order valence-electron chi connectivity index (χ2n) is 14.1. The first kappa shape index (κ1) is 29.4. The molecule has 9 atom stereocenters. The van der Waals surface area contributed by atoms with Crippen LogP contribution in [0.1, 0.15) is 45.7 Å². The third-order valence-corrected chi connectivity index (χ3v) is 12.2. The Hall–Kier alpha value is -3.30. The number of benzene rings is 1. The molecule has 44 heavy (non-hydrogen) atoms. The van der Waals surface area contributed by atoms with E-state index >= 15 is 8.78 Å². The molecule has 1 aliphatic heterocycles. The van der Waals surface area contributed by atoms with E-state index < -0.39 is 58.6 Å². The molecule has 2 aromatic rings. The number of hydrogen-bond donors (Lipinski definition) is 1. The molecule has 0 spiro atoms. The van der Waals surface area contributed by atoms with Gasteiger partial charge in [-0.2, -0.15) is 0 Å². The van der Waals surface area contributed by atoms with Gasteiger partial charge in [0.1, 0.15) is 6.17 Å². The molecule has 3 saturated carbocycles. The first-order valence-electron chi connectivity index (χ1n) is 15.5. The zero-order valence-electron chi connectivity index (χ0n) is 25.3. The highest BCUT2D eigenvalue weighted by Crippen LogP contribution is 2.74. The molecular formula is C35H38F2N2O5. The van der Waals surface area contributed by atoms with E-state index in [1.54, 1.807) is 6.92 Å². The summed E-state index contributed by atoms with van der Waals surface area (Å²) in [5.74, 6) is -2.66. The van der Waals surface area contributed by atoms with Gasteiger partial charge in [0.2, 0.25) is 0 Å². The maximum Gasteiger partial charge on any atom is 0.303 e. The van der Waals surface area contributed by atoms with Gasteiger partial charge in [-0.3, -0.25) is 24.3 Å². The summed E-state index contributed by atoms with van der Waals surface area (Å²) in [6, 6.07) is 11.9. The van der Waals surface area contributed by atoms with Crippen molar-refractivity contribution in [2.24, 2.45) is 34.0 Å². The van der Waals surface area contributed by atoms with Gasteiger partial charge >= 0.3 is 5.97 Å². The van der Waals surface area contributed by atoms with Crippen molar-refractivity contribution < 1.29 is 33.0 Å². The van der Waals surface area contributed by atoms with E-state index in [-0.39, 0.29) is 35.9 Å². The Morgan fingerprint density at radius 1 is 1.14 bits per heavy atom. The number of allylic oxidation sites excluding steroid dienone is 4. The summed E-state index contributed by atoms with van der Waals surface area (Å²) in [6.45, 7) is 5.78. The minimum absolute atomic E-state index is 0.00332. The van der Waals surface area contributed by atoms with Crippen molar-refractivity contribution in [1.29, 1.82) is 0 Å². The normalized spacial score (nSPS) is 41.0. The molecule has 1 N–H and O–H groups in total. The number of rotatable bonds is 5. The van der Waals surface area contributed by atoms with Gasteiger partial charge < -0.3 is 9.84 Å². The van der Waals surface area contributed by atoms with E-state index in [1.807, 2.05) is 43.3 Å². The van der Waals surface area contributed by atoms with Crippen molar-refractivity contribution >= 4 is 28.4 Å². The van der Waals surface area contributed by atoms with E-state index in [4.69, 9.17) is 9.72 Å². The molecule has 7 rings (SSSR count). The highest BCUT2D eigenvalue weighted by Gasteiger charge is 2.78. The number of aliphatic hydroxyl groups excluding tert-OH is 1.